The zero-order valence-electron chi connectivity index (χ0n) is 11.3. The third kappa shape index (κ3) is 4.38. The molecule has 0 aliphatic carbocycles. The molecule has 0 saturated heterocycles. The lowest BCUT2D eigenvalue weighted by Gasteiger charge is -2.25. The van der Waals surface area contributed by atoms with Crippen molar-refractivity contribution < 1.29 is 8.42 Å². The molecule has 2 N–H and O–H groups in total. The highest BCUT2D eigenvalue weighted by atomic mass is 32.2. The van der Waals surface area contributed by atoms with E-state index < -0.39 is 10.2 Å². The van der Waals surface area contributed by atoms with Crippen LogP contribution in [0.1, 0.15) is 17.2 Å². The molecule has 0 aromatic heterocycles. The van der Waals surface area contributed by atoms with Gasteiger partial charge < -0.3 is 4.90 Å². The Kier molecular flexibility index (Phi) is 5.28. The molecule has 18 heavy (non-hydrogen) atoms. The van der Waals surface area contributed by atoms with Crippen LogP contribution < -0.4 is 9.44 Å². The summed E-state index contributed by atoms with van der Waals surface area (Å²) in [6, 6.07) is 8.10. The summed E-state index contributed by atoms with van der Waals surface area (Å²) >= 11 is 0. The second-order valence-electron chi connectivity index (χ2n) is 4.45. The zero-order chi connectivity index (χ0) is 13.8. The van der Waals surface area contributed by atoms with Gasteiger partial charge in [0.1, 0.15) is 0 Å². The quantitative estimate of drug-likeness (QED) is 0.798. The largest absolute Gasteiger partial charge is 0.301 e. The maximum absolute atomic E-state index is 11.4. The fourth-order valence-electron chi connectivity index (χ4n) is 1.65. The maximum atomic E-state index is 11.4. The van der Waals surface area contributed by atoms with Gasteiger partial charge in [0.2, 0.25) is 0 Å². The van der Waals surface area contributed by atoms with E-state index in [1.54, 1.807) is 0 Å². The number of nitrogens with zero attached hydrogens (tertiary/aromatic N) is 1. The Morgan fingerprint density at radius 2 is 1.78 bits per heavy atom. The molecule has 0 aliphatic heterocycles. The Bertz CT molecular complexity index is 469. The van der Waals surface area contributed by atoms with Crippen LogP contribution in [0.4, 0.5) is 0 Å². The summed E-state index contributed by atoms with van der Waals surface area (Å²) in [4.78, 5) is 1.99. The minimum Gasteiger partial charge on any atom is -0.301 e. The van der Waals surface area contributed by atoms with E-state index in [4.69, 9.17) is 0 Å². The molecular weight excluding hydrogens is 250 g/mol. The summed E-state index contributed by atoms with van der Waals surface area (Å²) in [6.45, 7) is 2.36. The van der Waals surface area contributed by atoms with Gasteiger partial charge in [-0.2, -0.15) is 8.42 Å². The number of nitrogens with one attached hydrogen (secondary N) is 2. The fraction of sp³-hybridized carbons (Fsp3) is 0.500. The van der Waals surface area contributed by atoms with Crippen molar-refractivity contribution in [2.45, 2.75) is 13.0 Å². The lowest BCUT2D eigenvalue weighted by molar-refractivity contribution is 0.299. The van der Waals surface area contributed by atoms with Gasteiger partial charge in [-0.3, -0.25) is 0 Å². The number of hydrogen-bond acceptors (Lipinski definition) is 3. The first-order valence-electron chi connectivity index (χ1n) is 5.77. The zero-order valence-corrected chi connectivity index (χ0v) is 12.1. The summed E-state index contributed by atoms with van der Waals surface area (Å²) in [5.74, 6) is 0. The molecule has 6 heteroatoms. The van der Waals surface area contributed by atoms with Gasteiger partial charge in [0.25, 0.3) is 10.2 Å². The minimum absolute atomic E-state index is 0.00808. The van der Waals surface area contributed by atoms with Crippen LogP contribution in [0.5, 0.6) is 0 Å². The van der Waals surface area contributed by atoms with E-state index >= 15 is 0 Å². The Balaban J connectivity index is 2.81. The normalized spacial score (nSPS) is 13.8. The van der Waals surface area contributed by atoms with Gasteiger partial charge >= 0.3 is 0 Å². The first-order valence-corrected chi connectivity index (χ1v) is 7.25. The van der Waals surface area contributed by atoms with Crippen molar-refractivity contribution in [2.24, 2.45) is 0 Å². The number of rotatable bonds is 6. The van der Waals surface area contributed by atoms with Crippen LogP contribution in [0.25, 0.3) is 0 Å². The number of likely N-dealkylation sites (N-methyl/N-ethyl adjacent to an activating group) is 1. The minimum atomic E-state index is -3.39. The summed E-state index contributed by atoms with van der Waals surface area (Å²) in [5, 5.41) is 0. The van der Waals surface area contributed by atoms with Crippen LogP contribution in [-0.2, 0) is 10.2 Å². The van der Waals surface area contributed by atoms with Crippen molar-refractivity contribution in [2.75, 3.05) is 27.7 Å². The standard InChI is InChI=1S/C12H21N3O2S/c1-10-5-7-11(8-6-10)12(15(3)4)9-14-18(16,17)13-2/h5-8,12-14H,9H2,1-4H3. The Morgan fingerprint density at radius 1 is 1.22 bits per heavy atom. The molecule has 0 amide bonds. The molecule has 0 fully saturated rings. The maximum Gasteiger partial charge on any atom is 0.276 e. The molecule has 0 saturated carbocycles. The van der Waals surface area contributed by atoms with Crippen molar-refractivity contribution in [1.82, 2.24) is 14.3 Å². The van der Waals surface area contributed by atoms with Gasteiger partial charge in [-0.1, -0.05) is 29.8 Å². The Morgan fingerprint density at radius 3 is 2.22 bits per heavy atom. The third-order valence-electron chi connectivity index (χ3n) is 2.82. The second kappa shape index (κ2) is 6.29. The summed E-state index contributed by atoms with van der Waals surface area (Å²) in [7, 11) is 1.85. The molecule has 1 aromatic rings. The van der Waals surface area contributed by atoms with Crippen molar-refractivity contribution in [3.05, 3.63) is 35.4 Å². The van der Waals surface area contributed by atoms with E-state index in [2.05, 4.69) is 9.44 Å². The van der Waals surface area contributed by atoms with Gasteiger partial charge in [-0.15, -0.1) is 0 Å². The lowest BCUT2D eigenvalue weighted by Crippen LogP contribution is -2.39. The molecule has 5 nitrogen and oxygen atoms in total. The second-order valence-corrected chi connectivity index (χ2v) is 6.15. The summed E-state index contributed by atoms with van der Waals surface area (Å²) in [5.41, 5.74) is 2.27. The van der Waals surface area contributed by atoms with E-state index in [9.17, 15) is 8.42 Å². The topological polar surface area (TPSA) is 61.4 Å². The average molecular weight is 271 g/mol. The first-order chi connectivity index (χ1) is 8.35. The van der Waals surface area contributed by atoms with Gasteiger partial charge in [0.15, 0.2) is 0 Å². The van der Waals surface area contributed by atoms with Crippen LogP contribution in [-0.4, -0.2) is 41.0 Å². The molecule has 1 aromatic carbocycles. The Hall–Kier alpha value is -0.950. The average Bonchev–Trinajstić information content (AvgIpc) is 2.31. The summed E-state index contributed by atoms with van der Waals surface area (Å²) in [6.07, 6.45) is 0. The molecule has 102 valence electrons. The van der Waals surface area contributed by atoms with Gasteiger partial charge in [0, 0.05) is 19.6 Å². The summed E-state index contributed by atoms with van der Waals surface area (Å²) < 4.78 is 27.5. The highest BCUT2D eigenvalue weighted by Crippen LogP contribution is 2.17. The predicted octanol–water partition coefficient (Wildman–Crippen LogP) is 0.652. The highest BCUT2D eigenvalue weighted by molar-refractivity contribution is 7.87. The molecule has 1 unspecified atom stereocenters. The van der Waals surface area contributed by atoms with E-state index in [0.29, 0.717) is 6.54 Å². The molecule has 1 rings (SSSR count). The van der Waals surface area contributed by atoms with Gasteiger partial charge in [0.05, 0.1) is 0 Å². The molecule has 0 radical (unpaired) electrons. The van der Waals surface area contributed by atoms with E-state index in [1.807, 2.05) is 50.2 Å². The molecule has 0 heterocycles. The monoisotopic (exact) mass is 271 g/mol. The van der Waals surface area contributed by atoms with Crippen LogP contribution in [0.3, 0.4) is 0 Å². The molecule has 0 aliphatic rings. The van der Waals surface area contributed by atoms with Crippen molar-refractivity contribution in [3.8, 4) is 0 Å². The third-order valence-corrected chi connectivity index (χ3v) is 3.91. The van der Waals surface area contributed by atoms with Crippen LogP contribution in [0.2, 0.25) is 0 Å². The van der Waals surface area contributed by atoms with E-state index in [-0.39, 0.29) is 6.04 Å². The lowest BCUT2D eigenvalue weighted by atomic mass is 10.0. The smallest absolute Gasteiger partial charge is 0.276 e. The predicted molar refractivity (Wildman–Crippen MR) is 73.6 cm³/mol. The van der Waals surface area contributed by atoms with Crippen LogP contribution >= 0.6 is 0 Å². The fourth-order valence-corrected chi connectivity index (χ4v) is 2.17. The Labute approximate surface area is 109 Å². The molecule has 1 atom stereocenters. The van der Waals surface area contributed by atoms with Gasteiger partial charge in [-0.05, 0) is 26.6 Å². The highest BCUT2D eigenvalue weighted by Gasteiger charge is 2.16. The first kappa shape index (κ1) is 15.1. The van der Waals surface area contributed by atoms with Crippen molar-refractivity contribution in [1.29, 1.82) is 0 Å². The van der Waals surface area contributed by atoms with Crippen molar-refractivity contribution in [3.63, 3.8) is 0 Å². The van der Waals surface area contributed by atoms with E-state index in [1.165, 1.54) is 12.6 Å². The van der Waals surface area contributed by atoms with E-state index in [0.717, 1.165) is 5.56 Å². The molecular formula is C12H21N3O2S. The van der Waals surface area contributed by atoms with Gasteiger partial charge in [-0.25, -0.2) is 9.44 Å². The van der Waals surface area contributed by atoms with Crippen LogP contribution in [0, 0.1) is 6.92 Å². The number of benzene rings is 1. The number of hydrogen-bond donors (Lipinski definition) is 2. The number of aryl methyl sites for hydroxylation is 1. The van der Waals surface area contributed by atoms with Crippen molar-refractivity contribution >= 4 is 10.2 Å². The molecule has 0 bridgehead atoms. The molecule has 0 spiro atoms. The van der Waals surface area contributed by atoms with Crippen LogP contribution in [0.15, 0.2) is 24.3 Å². The SMILES string of the molecule is CNS(=O)(=O)NCC(c1ccc(C)cc1)N(C)C.